The molecular formula is C17H26N2O2. The summed E-state index contributed by atoms with van der Waals surface area (Å²) in [7, 11) is 0. The molecule has 1 heterocycles. The molecule has 1 aliphatic heterocycles. The van der Waals surface area contributed by atoms with Crippen LogP contribution in [0.25, 0.3) is 0 Å². The molecule has 1 saturated heterocycles. The van der Waals surface area contributed by atoms with Crippen LogP contribution >= 0.6 is 0 Å². The highest BCUT2D eigenvalue weighted by molar-refractivity contribution is 5.83. The zero-order valence-corrected chi connectivity index (χ0v) is 12.8. The van der Waals surface area contributed by atoms with Gasteiger partial charge in [-0.1, -0.05) is 37.3 Å². The molecule has 0 radical (unpaired) electrons. The number of rotatable bonds is 7. The Morgan fingerprint density at radius 2 is 2.19 bits per heavy atom. The highest BCUT2D eigenvalue weighted by Gasteiger charge is 2.27. The Kier molecular flexibility index (Phi) is 6.21. The first-order valence-electron chi connectivity index (χ1n) is 7.94. The van der Waals surface area contributed by atoms with Crippen molar-refractivity contribution in [1.29, 1.82) is 0 Å². The first kappa shape index (κ1) is 16.0. The molecule has 1 aromatic rings. The van der Waals surface area contributed by atoms with Crippen LogP contribution in [0, 0.1) is 0 Å². The Morgan fingerprint density at radius 3 is 2.76 bits per heavy atom. The second kappa shape index (κ2) is 8.15. The van der Waals surface area contributed by atoms with Crippen molar-refractivity contribution in [3.63, 3.8) is 0 Å². The van der Waals surface area contributed by atoms with Crippen LogP contribution in [0.3, 0.4) is 0 Å². The molecule has 1 aromatic carbocycles. The minimum Gasteiger partial charge on any atom is -0.395 e. The van der Waals surface area contributed by atoms with E-state index in [1.807, 2.05) is 42.2 Å². The molecule has 2 rings (SSSR count). The third-order valence-electron chi connectivity index (χ3n) is 4.19. The van der Waals surface area contributed by atoms with Gasteiger partial charge in [-0.3, -0.25) is 4.79 Å². The van der Waals surface area contributed by atoms with Gasteiger partial charge in [0.1, 0.15) is 0 Å². The maximum Gasteiger partial charge on any atom is 0.230 e. The van der Waals surface area contributed by atoms with Crippen LogP contribution in [-0.4, -0.2) is 48.2 Å². The molecule has 2 N–H and O–H groups in total. The first-order chi connectivity index (χ1) is 10.3. The molecule has 0 aliphatic carbocycles. The van der Waals surface area contributed by atoms with Crippen LogP contribution in [0.1, 0.15) is 37.7 Å². The van der Waals surface area contributed by atoms with Crippen LogP contribution in [0.4, 0.5) is 0 Å². The third-order valence-corrected chi connectivity index (χ3v) is 4.19. The van der Waals surface area contributed by atoms with Crippen molar-refractivity contribution in [2.24, 2.45) is 0 Å². The molecule has 21 heavy (non-hydrogen) atoms. The lowest BCUT2D eigenvalue weighted by Gasteiger charge is -2.29. The van der Waals surface area contributed by atoms with Gasteiger partial charge in [0.25, 0.3) is 0 Å². The molecule has 0 bridgehead atoms. The molecule has 116 valence electrons. The lowest BCUT2D eigenvalue weighted by atomic mass is 9.94. The standard InChI is InChI=1S/C17H26N2O2/c1-2-16(14-7-4-3-5-8-14)17(21)19(11-12-20)13-15-9-6-10-18-15/h3-5,7-8,15-16,18,20H,2,6,9-13H2,1H3. The normalized spacial score (nSPS) is 19.4. The van der Waals surface area contributed by atoms with Gasteiger partial charge in [-0.25, -0.2) is 0 Å². The number of carbonyl (C=O) groups excluding carboxylic acids is 1. The number of aliphatic hydroxyl groups excluding tert-OH is 1. The van der Waals surface area contributed by atoms with Gasteiger partial charge in [0.2, 0.25) is 5.91 Å². The smallest absolute Gasteiger partial charge is 0.230 e. The molecule has 4 nitrogen and oxygen atoms in total. The predicted molar refractivity (Wildman–Crippen MR) is 84.2 cm³/mol. The summed E-state index contributed by atoms with van der Waals surface area (Å²) < 4.78 is 0. The van der Waals surface area contributed by atoms with Gasteiger partial charge >= 0.3 is 0 Å². The summed E-state index contributed by atoms with van der Waals surface area (Å²) in [6, 6.07) is 10.3. The SMILES string of the molecule is CCC(C(=O)N(CCO)CC1CCCN1)c1ccccc1. The third kappa shape index (κ3) is 4.29. The highest BCUT2D eigenvalue weighted by Crippen LogP contribution is 2.22. The van der Waals surface area contributed by atoms with Crippen molar-refractivity contribution in [2.75, 3.05) is 26.2 Å². The molecule has 2 unspecified atom stereocenters. The topological polar surface area (TPSA) is 52.6 Å². The summed E-state index contributed by atoms with van der Waals surface area (Å²) >= 11 is 0. The fraction of sp³-hybridized carbons (Fsp3) is 0.588. The molecular weight excluding hydrogens is 264 g/mol. The van der Waals surface area contributed by atoms with E-state index in [2.05, 4.69) is 5.32 Å². The van der Waals surface area contributed by atoms with E-state index in [9.17, 15) is 9.90 Å². The molecule has 0 spiro atoms. The summed E-state index contributed by atoms with van der Waals surface area (Å²) in [6.07, 6.45) is 3.06. The van der Waals surface area contributed by atoms with Gasteiger partial charge in [-0.2, -0.15) is 0 Å². The van der Waals surface area contributed by atoms with E-state index in [-0.39, 0.29) is 18.4 Å². The number of carbonyl (C=O) groups is 1. The molecule has 2 atom stereocenters. The predicted octanol–water partition coefficient (Wildman–Crippen LogP) is 1.75. The Balaban J connectivity index is 2.07. The summed E-state index contributed by atoms with van der Waals surface area (Å²) in [5, 5.41) is 12.7. The van der Waals surface area contributed by atoms with Gasteiger partial charge in [-0.15, -0.1) is 0 Å². The molecule has 1 amide bonds. The molecule has 0 saturated carbocycles. The zero-order valence-electron chi connectivity index (χ0n) is 12.8. The van der Waals surface area contributed by atoms with E-state index in [0.29, 0.717) is 19.1 Å². The fourth-order valence-corrected chi connectivity index (χ4v) is 3.05. The number of hydrogen-bond acceptors (Lipinski definition) is 3. The number of hydrogen-bond donors (Lipinski definition) is 2. The lowest BCUT2D eigenvalue weighted by Crippen LogP contribution is -2.44. The largest absolute Gasteiger partial charge is 0.395 e. The van der Waals surface area contributed by atoms with E-state index in [4.69, 9.17) is 0 Å². The second-order valence-electron chi connectivity index (χ2n) is 5.67. The zero-order chi connectivity index (χ0) is 15.1. The van der Waals surface area contributed by atoms with Crippen molar-refractivity contribution in [3.05, 3.63) is 35.9 Å². The van der Waals surface area contributed by atoms with E-state index in [0.717, 1.165) is 24.9 Å². The van der Waals surface area contributed by atoms with Crippen LogP contribution in [0.15, 0.2) is 30.3 Å². The van der Waals surface area contributed by atoms with E-state index >= 15 is 0 Å². The number of amides is 1. The van der Waals surface area contributed by atoms with Gasteiger partial charge < -0.3 is 15.3 Å². The average molecular weight is 290 g/mol. The average Bonchev–Trinajstić information content (AvgIpc) is 3.01. The van der Waals surface area contributed by atoms with Crippen molar-refractivity contribution < 1.29 is 9.90 Å². The minimum atomic E-state index is -0.112. The number of nitrogens with one attached hydrogen (secondary N) is 1. The lowest BCUT2D eigenvalue weighted by molar-refractivity contribution is -0.133. The van der Waals surface area contributed by atoms with Crippen LogP contribution in [0.5, 0.6) is 0 Å². The molecule has 4 heteroatoms. The highest BCUT2D eigenvalue weighted by atomic mass is 16.3. The maximum atomic E-state index is 12.8. The summed E-state index contributed by atoms with van der Waals surface area (Å²) in [5.41, 5.74) is 1.06. The Morgan fingerprint density at radius 1 is 1.43 bits per heavy atom. The van der Waals surface area contributed by atoms with E-state index in [1.54, 1.807) is 0 Å². The first-order valence-corrected chi connectivity index (χ1v) is 7.94. The fourth-order valence-electron chi connectivity index (χ4n) is 3.05. The van der Waals surface area contributed by atoms with Gasteiger partial charge in [-0.05, 0) is 31.4 Å². The van der Waals surface area contributed by atoms with Crippen LogP contribution in [0.2, 0.25) is 0 Å². The molecule has 0 aromatic heterocycles. The quantitative estimate of drug-likeness (QED) is 0.804. The van der Waals surface area contributed by atoms with Crippen molar-refractivity contribution >= 4 is 5.91 Å². The molecule has 1 fully saturated rings. The second-order valence-corrected chi connectivity index (χ2v) is 5.67. The Bertz CT molecular complexity index is 430. The summed E-state index contributed by atoms with van der Waals surface area (Å²) in [4.78, 5) is 14.7. The van der Waals surface area contributed by atoms with Crippen molar-refractivity contribution in [1.82, 2.24) is 10.2 Å². The maximum absolute atomic E-state index is 12.8. The van der Waals surface area contributed by atoms with E-state index in [1.165, 1.54) is 6.42 Å². The van der Waals surface area contributed by atoms with Gasteiger partial charge in [0.05, 0.1) is 12.5 Å². The minimum absolute atomic E-state index is 0.0175. The number of nitrogens with zero attached hydrogens (tertiary/aromatic N) is 1. The number of aliphatic hydroxyl groups is 1. The van der Waals surface area contributed by atoms with Crippen LogP contribution < -0.4 is 5.32 Å². The number of benzene rings is 1. The van der Waals surface area contributed by atoms with Crippen molar-refractivity contribution in [3.8, 4) is 0 Å². The van der Waals surface area contributed by atoms with Crippen LogP contribution in [-0.2, 0) is 4.79 Å². The molecule has 1 aliphatic rings. The van der Waals surface area contributed by atoms with Gasteiger partial charge in [0, 0.05) is 19.1 Å². The summed E-state index contributed by atoms with van der Waals surface area (Å²) in [5.74, 6) is 0.0191. The Labute approximate surface area is 127 Å². The van der Waals surface area contributed by atoms with E-state index < -0.39 is 0 Å². The monoisotopic (exact) mass is 290 g/mol. The van der Waals surface area contributed by atoms with Crippen molar-refractivity contribution in [2.45, 2.75) is 38.1 Å². The Hall–Kier alpha value is -1.39. The van der Waals surface area contributed by atoms with Gasteiger partial charge in [0.15, 0.2) is 0 Å². The summed E-state index contributed by atoms with van der Waals surface area (Å²) in [6.45, 7) is 4.20.